The van der Waals surface area contributed by atoms with Gasteiger partial charge in [0.2, 0.25) is 0 Å². The van der Waals surface area contributed by atoms with Crippen LogP contribution in [-0.2, 0) is 0 Å². The van der Waals surface area contributed by atoms with Crippen LogP contribution >= 0.6 is 0 Å². The molecule has 3 nitrogen and oxygen atoms in total. The van der Waals surface area contributed by atoms with Crippen LogP contribution in [0.1, 0.15) is 43.4 Å². The van der Waals surface area contributed by atoms with Gasteiger partial charge in [-0.2, -0.15) is 0 Å². The molecular formula is C16H25NO2. The van der Waals surface area contributed by atoms with E-state index in [9.17, 15) is 0 Å². The van der Waals surface area contributed by atoms with Crippen LogP contribution in [0.4, 0.5) is 0 Å². The standard InChI is InChI=1S/C16H25NO2/c1-5-8-17-16(12-6-7-12)13-10-15(19-4)14(18-3)9-11(13)2/h9-10,12,16-17H,5-8H2,1-4H3. The van der Waals surface area contributed by atoms with E-state index in [0.717, 1.165) is 30.4 Å². The Morgan fingerprint density at radius 1 is 1.21 bits per heavy atom. The molecule has 1 unspecified atom stereocenters. The molecule has 2 rings (SSSR count). The fourth-order valence-corrected chi connectivity index (χ4v) is 2.59. The van der Waals surface area contributed by atoms with Crippen LogP contribution in [-0.4, -0.2) is 20.8 Å². The van der Waals surface area contributed by atoms with Gasteiger partial charge >= 0.3 is 0 Å². The molecule has 1 fully saturated rings. The molecule has 0 amide bonds. The summed E-state index contributed by atoms with van der Waals surface area (Å²) in [6, 6.07) is 4.68. The summed E-state index contributed by atoms with van der Waals surface area (Å²) in [4.78, 5) is 0. The van der Waals surface area contributed by atoms with Crippen molar-refractivity contribution in [1.29, 1.82) is 0 Å². The summed E-state index contributed by atoms with van der Waals surface area (Å²) in [7, 11) is 3.38. The highest BCUT2D eigenvalue weighted by Crippen LogP contribution is 2.44. The van der Waals surface area contributed by atoms with E-state index in [0.29, 0.717) is 6.04 Å². The highest BCUT2D eigenvalue weighted by atomic mass is 16.5. The van der Waals surface area contributed by atoms with E-state index in [4.69, 9.17) is 9.47 Å². The lowest BCUT2D eigenvalue weighted by atomic mass is 9.96. The highest BCUT2D eigenvalue weighted by molar-refractivity contribution is 5.48. The zero-order chi connectivity index (χ0) is 13.8. The van der Waals surface area contributed by atoms with Crippen molar-refractivity contribution in [2.75, 3.05) is 20.8 Å². The van der Waals surface area contributed by atoms with Crippen molar-refractivity contribution in [3.63, 3.8) is 0 Å². The molecule has 0 saturated heterocycles. The molecule has 0 bridgehead atoms. The zero-order valence-electron chi connectivity index (χ0n) is 12.5. The summed E-state index contributed by atoms with van der Waals surface area (Å²) in [5, 5.41) is 3.68. The van der Waals surface area contributed by atoms with Crippen molar-refractivity contribution in [3.05, 3.63) is 23.3 Å². The quantitative estimate of drug-likeness (QED) is 0.817. The lowest BCUT2D eigenvalue weighted by molar-refractivity contribution is 0.353. The van der Waals surface area contributed by atoms with Gasteiger partial charge in [-0.1, -0.05) is 6.92 Å². The topological polar surface area (TPSA) is 30.5 Å². The second-order valence-electron chi connectivity index (χ2n) is 5.33. The molecule has 0 aromatic heterocycles. The Morgan fingerprint density at radius 3 is 2.37 bits per heavy atom. The van der Waals surface area contributed by atoms with Gasteiger partial charge in [0, 0.05) is 6.04 Å². The summed E-state index contributed by atoms with van der Waals surface area (Å²) in [6.45, 7) is 5.42. The van der Waals surface area contributed by atoms with Gasteiger partial charge in [-0.05, 0) is 61.9 Å². The van der Waals surface area contributed by atoms with Gasteiger partial charge in [-0.15, -0.1) is 0 Å². The molecule has 1 aromatic carbocycles. The van der Waals surface area contributed by atoms with Crippen LogP contribution in [0.2, 0.25) is 0 Å². The molecule has 106 valence electrons. The fraction of sp³-hybridized carbons (Fsp3) is 0.625. The first-order chi connectivity index (χ1) is 9.21. The van der Waals surface area contributed by atoms with Crippen LogP contribution in [0.15, 0.2) is 12.1 Å². The van der Waals surface area contributed by atoms with E-state index >= 15 is 0 Å². The Morgan fingerprint density at radius 2 is 1.84 bits per heavy atom. The highest BCUT2D eigenvalue weighted by Gasteiger charge is 2.33. The minimum absolute atomic E-state index is 0.458. The van der Waals surface area contributed by atoms with Crippen molar-refractivity contribution in [1.82, 2.24) is 5.32 Å². The summed E-state index contributed by atoms with van der Waals surface area (Å²) in [5.74, 6) is 2.42. The fourth-order valence-electron chi connectivity index (χ4n) is 2.59. The van der Waals surface area contributed by atoms with Crippen LogP contribution in [0.3, 0.4) is 0 Å². The number of nitrogens with one attached hydrogen (secondary N) is 1. The Hall–Kier alpha value is -1.22. The van der Waals surface area contributed by atoms with Crippen molar-refractivity contribution in [3.8, 4) is 11.5 Å². The maximum absolute atomic E-state index is 5.43. The molecule has 1 aliphatic carbocycles. The lowest BCUT2D eigenvalue weighted by Gasteiger charge is -2.22. The molecule has 0 aliphatic heterocycles. The number of ether oxygens (including phenoxy) is 2. The van der Waals surface area contributed by atoms with E-state index in [1.165, 1.54) is 24.0 Å². The van der Waals surface area contributed by atoms with E-state index < -0.39 is 0 Å². The predicted molar refractivity (Wildman–Crippen MR) is 78.0 cm³/mol. The van der Waals surface area contributed by atoms with Crippen LogP contribution < -0.4 is 14.8 Å². The van der Waals surface area contributed by atoms with E-state index in [-0.39, 0.29) is 0 Å². The maximum Gasteiger partial charge on any atom is 0.161 e. The Kier molecular flexibility index (Phi) is 4.70. The smallest absolute Gasteiger partial charge is 0.161 e. The number of methoxy groups -OCH3 is 2. The number of rotatable bonds is 7. The molecule has 0 heterocycles. The molecule has 1 aliphatic rings. The Bertz CT molecular complexity index is 427. The zero-order valence-corrected chi connectivity index (χ0v) is 12.5. The number of hydrogen-bond acceptors (Lipinski definition) is 3. The average Bonchev–Trinajstić information content (AvgIpc) is 3.24. The monoisotopic (exact) mass is 263 g/mol. The molecule has 3 heteroatoms. The average molecular weight is 263 g/mol. The first-order valence-corrected chi connectivity index (χ1v) is 7.17. The predicted octanol–water partition coefficient (Wildman–Crippen LogP) is 3.46. The molecule has 0 radical (unpaired) electrons. The summed E-state index contributed by atoms with van der Waals surface area (Å²) in [5.41, 5.74) is 2.63. The maximum atomic E-state index is 5.43. The van der Waals surface area contributed by atoms with Gasteiger partial charge in [0.15, 0.2) is 11.5 Å². The third-order valence-corrected chi connectivity index (χ3v) is 3.81. The van der Waals surface area contributed by atoms with Gasteiger partial charge in [-0.3, -0.25) is 0 Å². The molecule has 1 aromatic rings. The Balaban J connectivity index is 2.30. The third-order valence-electron chi connectivity index (χ3n) is 3.81. The first-order valence-electron chi connectivity index (χ1n) is 7.17. The Labute approximate surface area is 116 Å². The molecule has 1 atom stereocenters. The summed E-state index contributed by atoms with van der Waals surface area (Å²) >= 11 is 0. The van der Waals surface area contributed by atoms with Crippen molar-refractivity contribution in [2.45, 2.75) is 39.2 Å². The summed E-state index contributed by atoms with van der Waals surface area (Å²) in [6.07, 6.45) is 3.82. The summed E-state index contributed by atoms with van der Waals surface area (Å²) < 4.78 is 10.8. The number of benzene rings is 1. The molecule has 1 saturated carbocycles. The van der Waals surface area contributed by atoms with Crippen LogP contribution in [0.25, 0.3) is 0 Å². The van der Waals surface area contributed by atoms with E-state index in [1.54, 1.807) is 14.2 Å². The molecule has 0 spiro atoms. The van der Waals surface area contributed by atoms with Crippen molar-refractivity contribution < 1.29 is 9.47 Å². The molecule has 19 heavy (non-hydrogen) atoms. The molecular weight excluding hydrogens is 238 g/mol. The SMILES string of the molecule is CCCNC(c1cc(OC)c(OC)cc1C)C1CC1. The van der Waals surface area contributed by atoms with Crippen LogP contribution in [0, 0.1) is 12.8 Å². The normalized spacial score (nSPS) is 16.2. The lowest BCUT2D eigenvalue weighted by Crippen LogP contribution is -2.24. The van der Waals surface area contributed by atoms with Crippen molar-refractivity contribution >= 4 is 0 Å². The van der Waals surface area contributed by atoms with Gasteiger partial charge in [0.1, 0.15) is 0 Å². The minimum atomic E-state index is 0.458. The van der Waals surface area contributed by atoms with Gasteiger partial charge in [-0.25, -0.2) is 0 Å². The van der Waals surface area contributed by atoms with E-state index in [1.807, 2.05) is 0 Å². The number of aryl methyl sites for hydroxylation is 1. The van der Waals surface area contributed by atoms with E-state index in [2.05, 4.69) is 31.3 Å². The van der Waals surface area contributed by atoms with Crippen LogP contribution in [0.5, 0.6) is 11.5 Å². The molecule has 1 N–H and O–H groups in total. The van der Waals surface area contributed by atoms with Gasteiger partial charge in [0.25, 0.3) is 0 Å². The van der Waals surface area contributed by atoms with Gasteiger partial charge in [0.05, 0.1) is 14.2 Å². The largest absolute Gasteiger partial charge is 0.493 e. The second-order valence-corrected chi connectivity index (χ2v) is 5.33. The second kappa shape index (κ2) is 6.29. The third kappa shape index (κ3) is 3.21. The van der Waals surface area contributed by atoms with Gasteiger partial charge < -0.3 is 14.8 Å². The number of hydrogen-bond donors (Lipinski definition) is 1. The van der Waals surface area contributed by atoms with Crippen molar-refractivity contribution in [2.24, 2.45) is 5.92 Å². The minimum Gasteiger partial charge on any atom is -0.493 e. The first kappa shape index (κ1) is 14.2.